The molecule has 224 valence electrons. The van der Waals surface area contributed by atoms with E-state index in [2.05, 4.69) is 76.0 Å². The lowest BCUT2D eigenvalue weighted by Gasteiger charge is -2.45. The number of carbonyl (C=O) groups excluding carboxylic acids is 1. The highest BCUT2D eigenvalue weighted by Crippen LogP contribution is 2.45. The summed E-state index contributed by atoms with van der Waals surface area (Å²) in [6.07, 6.45) is 7.84. The predicted molar refractivity (Wildman–Crippen MR) is 171 cm³/mol. The van der Waals surface area contributed by atoms with E-state index >= 15 is 0 Å². The van der Waals surface area contributed by atoms with E-state index in [1.165, 1.54) is 36.8 Å². The Morgan fingerprint density at radius 3 is 2.30 bits per heavy atom. The van der Waals surface area contributed by atoms with Crippen LogP contribution in [0.15, 0.2) is 65.5 Å². The topological polar surface area (TPSA) is 74.2 Å². The number of H-pyrrole nitrogens is 1. The standard InChI is InChI=1S/C36H43N5O2/c1-24-21-25(2)37-34(42)33(24)35(43)39-18-15-36(16-19-39,27-9-5-4-6-10-27)17-20-40-28-13-14-29(40)23-30(22-28)41-26(3)38-31-11-7-8-12-32(31)41/h4-12,21,28-30H,13-20,22-23H2,1-3H3,(H,37,42)/t28-,29+,30?. The maximum absolute atomic E-state index is 13.5. The molecule has 1 amide bonds. The minimum atomic E-state index is -0.278. The number of nitrogens with one attached hydrogen (secondary N) is 1. The third kappa shape index (κ3) is 5.01. The van der Waals surface area contributed by atoms with E-state index in [-0.39, 0.29) is 22.4 Å². The normalized spacial score (nSPS) is 23.6. The number of hydrogen-bond acceptors (Lipinski definition) is 4. The van der Waals surface area contributed by atoms with Crippen molar-refractivity contribution in [3.63, 3.8) is 0 Å². The second kappa shape index (κ2) is 11.1. The van der Waals surface area contributed by atoms with E-state index < -0.39 is 0 Å². The van der Waals surface area contributed by atoms with E-state index in [1.807, 2.05) is 24.8 Å². The number of pyridine rings is 1. The largest absolute Gasteiger partial charge is 0.338 e. The summed E-state index contributed by atoms with van der Waals surface area (Å²) in [5, 5.41) is 0. The van der Waals surface area contributed by atoms with Crippen molar-refractivity contribution in [2.45, 2.75) is 89.3 Å². The molecule has 3 fully saturated rings. The second-order valence-electron chi connectivity index (χ2n) is 13.3. The van der Waals surface area contributed by atoms with Gasteiger partial charge in [-0.3, -0.25) is 14.5 Å². The Balaban J connectivity index is 1.07. The molecule has 0 aliphatic carbocycles. The van der Waals surface area contributed by atoms with E-state index in [9.17, 15) is 9.59 Å². The lowest BCUT2D eigenvalue weighted by molar-refractivity contribution is 0.0605. The quantitative estimate of drug-likeness (QED) is 0.301. The summed E-state index contributed by atoms with van der Waals surface area (Å²) in [5.41, 5.74) is 5.33. The number of hydrogen-bond donors (Lipinski definition) is 1. The molecule has 7 nitrogen and oxygen atoms in total. The van der Waals surface area contributed by atoms with E-state index in [1.54, 1.807) is 0 Å². The fourth-order valence-electron chi connectivity index (χ4n) is 8.68. The Bertz CT molecular complexity index is 1680. The number of amides is 1. The number of rotatable bonds is 6. The minimum absolute atomic E-state index is 0.0280. The van der Waals surface area contributed by atoms with Crippen LogP contribution in [-0.4, -0.2) is 62.0 Å². The summed E-state index contributed by atoms with van der Waals surface area (Å²) < 4.78 is 2.51. The maximum atomic E-state index is 13.5. The number of benzene rings is 2. The number of fused-ring (bicyclic) bond motifs is 3. The Labute approximate surface area is 253 Å². The fourth-order valence-corrected chi connectivity index (χ4v) is 8.68. The van der Waals surface area contributed by atoms with Gasteiger partial charge in [-0.15, -0.1) is 0 Å². The van der Waals surface area contributed by atoms with Crippen LogP contribution >= 0.6 is 0 Å². The number of aromatic amines is 1. The first-order valence-corrected chi connectivity index (χ1v) is 16.1. The molecule has 43 heavy (non-hydrogen) atoms. The van der Waals surface area contributed by atoms with Crippen LogP contribution in [0.1, 0.15) is 84.0 Å². The van der Waals surface area contributed by atoms with Crippen molar-refractivity contribution < 1.29 is 4.79 Å². The van der Waals surface area contributed by atoms with Crippen molar-refractivity contribution in [3.8, 4) is 0 Å². The van der Waals surface area contributed by atoms with Crippen LogP contribution in [0.5, 0.6) is 0 Å². The molecule has 0 spiro atoms. The number of piperidine rings is 2. The third-order valence-electron chi connectivity index (χ3n) is 10.8. The molecule has 0 radical (unpaired) electrons. The molecule has 2 bridgehead atoms. The zero-order valence-corrected chi connectivity index (χ0v) is 25.7. The molecular formula is C36H43N5O2. The van der Waals surface area contributed by atoms with Crippen molar-refractivity contribution in [3.05, 3.63) is 99.2 Å². The molecule has 1 unspecified atom stereocenters. The van der Waals surface area contributed by atoms with Gasteiger partial charge in [-0.1, -0.05) is 42.5 Å². The first-order chi connectivity index (χ1) is 20.8. The highest BCUT2D eigenvalue weighted by atomic mass is 16.2. The highest BCUT2D eigenvalue weighted by Gasteiger charge is 2.44. The summed E-state index contributed by atoms with van der Waals surface area (Å²) in [6, 6.07) is 23.1. The number of aromatic nitrogens is 3. The molecule has 7 rings (SSSR count). The monoisotopic (exact) mass is 577 g/mol. The minimum Gasteiger partial charge on any atom is -0.338 e. The first-order valence-electron chi connectivity index (χ1n) is 16.1. The molecule has 5 heterocycles. The van der Waals surface area contributed by atoms with Crippen molar-refractivity contribution in [1.82, 2.24) is 24.3 Å². The zero-order chi connectivity index (χ0) is 29.7. The molecule has 2 aromatic carbocycles. The van der Waals surface area contributed by atoms with Gasteiger partial charge in [0, 0.05) is 36.9 Å². The number of para-hydroxylation sites is 2. The molecule has 0 saturated carbocycles. The van der Waals surface area contributed by atoms with Crippen LogP contribution in [0.2, 0.25) is 0 Å². The summed E-state index contributed by atoms with van der Waals surface area (Å²) >= 11 is 0. The lowest BCUT2D eigenvalue weighted by atomic mass is 9.70. The predicted octanol–water partition coefficient (Wildman–Crippen LogP) is 6.08. The lowest BCUT2D eigenvalue weighted by Crippen LogP contribution is -2.49. The van der Waals surface area contributed by atoms with Gasteiger partial charge in [0.1, 0.15) is 11.4 Å². The Kier molecular flexibility index (Phi) is 7.24. The number of carbonyl (C=O) groups is 1. The van der Waals surface area contributed by atoms with Gasteiger partial charge in [-0.2, -0.15) is 0 Å². The molecular weight excluding hydrogens is 534 g/mol. The van der Waals surface area contributed by atoms with Crippen LogP contribution < -0.4 is 5.56 Å². The second-order valence-corrected chi connectivity index (χ2v) is 13.3. The molecule has 3 aliphatic rings. The van der Waals surface area contributed by atoms with Crippen LogP contribution in [0, 0.1) is 20.8 Å². The Hall–Kier alpha value is -3.71. The zero-order valence-electron chi connectivity index (χ0n) is 25.7. The average molecular weight is 578 g/mol. The fraction of sp³-hybridized carbons (Fsp3) is 0.472. The molecule has 3 saturated heterocycles. The Morgan fingerprint density at radius 2 is 1.60 bits per heavy atom. The van der Waals surface area contributed by atoms with Crippen LogP contribution in [-0.2, 0) is 5.41 Å². The first kappa shape index (κ1) is 28.1. The van der Waals surface area contributed by atoms with Gasteiger partial charge in [-0.25, -0.2) is 4.98 Å². The summed E-state index contributed by atoms with van der Waals surface area (Å²) in [6.45, 7) is 8.30. The van der Waals surface area contributed by atoms with Gasteiger partial charge < -0.3 is 14.5 Å². The van der Waals surface area contributed by atoms with Gasteiger partial charge in [0.15, 0.2) is 0 Å². The summed E-state index contributed by atoms with van der Waals surface area (Å²) in [5.74, 6) is 0.994. The van der Waals surface area contributed by atoms with Crippen molar-refractivity contribution in [2.24, 2.45) is 0 Å². The van der Waals surface area contributed by atoms with E-state index in [4.69, 9.17) is 4.98 Å². The highest BCUT2D eigenvalue weighted by molar-refractivity contribution is 5.95. The molecule has 4 aromatic rings. The average Bonchev–Trinajstić information content (AvgIpc) is 3.46. The smallest absolute Gasteiger partial charge is 0.261 e. The Morgan fingerprint density at radius 1 is 0.930 bits per heavy atom. The molecule has 3 atom stereocenters. The van der Waals surface area contributed by atoms with Crippen molar-refractivity contribution >= 4 is 16.9 Å². The van der Waals surface area contributed by atoms with Crippen LogP contribution in [0.25, 0.3) is 11.0 Å². The van der Waals surface area contributed by atoms with Crippen LogP contribution in [0.4, 0.5) is 0 Å². The van der Waals surface area contributed by atoms with Gasteiger partial charge in [0.25, 0.3) is 11.5 Å². The third-order valence-corrected chi connectivity index (χ3v) is 10.8. The SMILES string of the molecule is Cc1cc(C)c(C(=O)N2CCC(CCN3[C@@H]4CC[C@H]3CC(n3c(C)nc5ccccc53)C4)(c3ccccc3)CC2)c(=O)[nH]1. The molecule has 7 heteroatoms. The maximum Gasteiger partial charge on any atom is 0.261 e. The van der Waals surface area contributed by atoms with Crippen molar-refractivity contribution in [1.29, 1.82) is 0 Å². The summed E-state index contributed by atoms with van der Waals surface area (Å²) in [4.78, 5) is 38.7. The van der Waals surface area contributed by atoms with Crippen LogP contribution in [0.3, 0.4) is 0 Å². The summed E-state index contributed by atoms with van der Waals surface area (Å²) in [7, 11) is 0. The van der Waals surface area contributed by atoms with E-state index in [0.29, 0.717) is 31.2 Å². The number of nitrogens with zero attached hydrogens (tertiary/aromatic N) is 4. The van der Waals surface area contributed by atoms with Gasteiger partial charge in [-0.05, 0) is 107 Å². The van der Waals surface area contributed by atoms with Crippen molar-refractivity contribution in [2.75, 3.05) is 19.6 Å². The van der Waals surface area contributed by atoms with Gasteiger partial charge in [0.05, 0.1) is 11.0 Å². The molecule has 2 aromatic heterocycles. The molecule has 1 N–H and O–H groups in total. The number of imidazole rings is 1. The number of likely N-dealkylation sites (tertiary alicyclic amines) is 1. The number of aryl methyl sites for hydroxylation is 3. The van der Waals surface area contributed by atoms with Gasteiger partial charge in [0.2, 0.25) is 0 Å². The van der Waals surface area contributed by atoms with Gasteiger partial charge >= 0.3 is 0 Å². The van der Waals surface area contributed by atoms with E-state index in [0.717, 1.165) is 48.4 Å². The molecule has 3 aliphatic heterocycles.